The van der Waals surface area contributed by atoms with E-state index in [0.717, 1.165) is 5.56 Å². The molecule has 1 aliphatic rings. The number of aromatic nitrogens is 2. The van der Waals surface area contributed by atoms with E-state index in [-0.39, 0.29) is 21.7 Å². The van der Waals surface area contributed by atoms with E-state index in [2.05, 4.69) is 20.0 Å². The van der Waals surface area contributed by atoms with Crippen LogP contribution in [0.2, 0.25) is 5.02 Å². The summed E-state index contributed by atoms with van der Waals surface area (Å²) in [6.45, 7) is 2.86. The lowest BCUT2D eigenvalue weighted by molar-refractivity contribution is 0.142. The van der Waals surface area contributed by atoms with Crippen molar-refractivity contribution in [1.82, 2.24) is 9.97 Å². The standard InChI is InChI=1S/C25H22ClFN4O4S/c1-15-2-5-18(6-3-15)36(32,33)31-23-11-19-22(12-24(23)35-17-8-9-34-13-17)28-14-29-25(19)30-16-4-7-21(27)20(26)10-16/h2-7,10-12,14,17,31H,8-9,13H2,1H3,(H,28,29,30). The van der Waals surface area contributed by atoms with Gasteiger partial charge in [-0.05, 0) is 43.3 Å². The van der Waals surface area contributed by atoms with Crippen molar-refractivity contribution in [2.24, 2.45) is 0 Å². The van der Waals surface area contributed by atoms with E-state index in [4.69, 9.17) is 21.1 Å². The first-order valence-corrected chi connectivity index (χ1v) is 13.0. The third kappa shape index (κ3) is 5.20. The minimum Gasteiger partial charge on any atom is -0.486 e. The summed E-state index contributed by atoms with van der Waals surface area (Å²) in [6, 6.07) is 14.0. The Hall–Kier alpha value is -3.47. The average molecular weight is 529 g/mol. The second kappa shape index (κ2) is 9.88. The molecule has 4 aromatic rings. The van der Waals surface area contributed by atoms with Gasteiger partial charge in [0.2, 0.25) is 0 Å². The second-order valence-corrected chi connectivity index (χ2v) is 10.5. The molecule has 186 valence electrons. The van der Waals surface area contributed by atoms with E-state index < -0.39 is 15.8 Å². The molecule has 0 bridgehead atoms. The fraction of sp³-hybridized carbons (Fsp3) is 0.200. The van der Waals surface area contributed by atoms with Gasteiger partial charge in [-0.2, -0.15) is 0 Å². The lowest BCUT2D eigenvalue weighted by Gasteiger charge is -2.18. The minimum absolute atomic E-state index is 0.0422. The van der Waals surface area contributed by atoms with Gasteiger partial charge in [0.05, 0.1) is 34.3 Å². The molecule has 0 aliphatic carbocycles. The fourth-order valence-corrected chi connectivity index (χ4v) is 5.02. The summed E-state index contributed by atoms with van der Waals surface area (Å²) in [5.74, 6) is 0.164. The maximum Gasteiger partial charge on any atom is 0.262 e. The molecule has 2 heterocycles. The molecule has 3 aromatic carbocycles. The van der Waals surface area contributed by atoms with Crippen molar-refractivity contribution in [3.8, 4) is 5.75 Å². The minimum atomic E-state index is -3.92. The Labute approximate surface area is 212 Å². The van der Waals surface area contributed by atoms with Gasteiger partial charge in [0.1, 0.15) is 29.8 Å². The van der Waals surface area contributed by atoms with Gasteiger partial charge >= 0.3 is 0 Å². The number of hydrogen-bond donors (Lipinski definition) is 2. The predicted molar refractivity (Wildman–Crippen MR) is 136 cm³/mol. The van der Waals surface area contributed by atoms with Crippen LogP contribution < -0.4 is 14.8 Å². The van der Waals surface area contributed by atoms with Crippen LogP contribution in [0.15, 0.2) is 65.8 Å². The van der Waals surface area contributed by atoms with E-state index in [9.17, 15) is 12.8 Å². The molecule has 5 rings (SSSR count). The molecule has 8 nitrogen and oxygen atoms in total. The number of rotatable bonds is 7. The Morgan fingerprint density at radius 1 is 1.11 bits per heavy atom. The number of benzene rings is 3. The number of fused-ring (bicyclic) bond motifs is 1. The van der Waals surface area contributed by atoms with Gasteiger partial charge in [0.25, 0.3) is 10.0 Å². The number of sulfonamides is 1. The highest BCUT2D eigenvalue weighted by molar-refractivity contribution is 7.92. The van der Waals surface area contributed by atoms with Crippen molar-refractivity contribution in [2.75, 3.05) is 23.3 Å². The fourth-order valence-electron chi connectivity index (χ4n) is 3.78. The summed E-state index contributed by atoms with van der Waals surface area (Å²) < 4.78 is 54.2. The largest absolute Gasteiger partial charge is 0.486 e. The van der Waals surface area contributed by atoms with Crippen molar-refractivity contribution < 1.29 is 22.3 Å². The number of nitrogens with zero attached hydrogens (tertiary/aromatic N) is 2. The number of nitrogens with one attached hydrogen (secondary N) is 2. The van der Waals surface area contributed by atoms with Gasteiger partial charge in [-0.3, -0.25) is 4.72 Å². The number of halogens is 2. The molecular formula is C25H22ClFN4O4S. The molecule has 1 aliphatic heterocycles. The zero-order valence-corrected chi connectivity index (χ0v) is 20.7. The first kappa shape index (κ1) is 24.2. The first-order valence-electron chi connectivity index (χ1n) is 11.1. The summed E-state index contributed by atoms with van der Waals surface area (Å²) in [5.41, 5.74) is 2.20. The van der Waals surface area contributed by atoms with Gasteiger partial charge in [-0.1, -0.05) is 29.3 Å². The van der Waals surface area contributed by atoms with Crippen LogP contribution in [-0.4, -0.2) is 37.7 Å². The molecule has 1 aromatic heterocycles. The van der Waals surface area contributed by atoms with Crippen molar-refractivity contribution in [3.63, 3.8) is 0 Å². The Morgan fingerprint density at radius 3 is 2.64 bits per heavy atom. The Bertz CT molecular complexity index is 1530. The lowest BCUT2D eigenvalue weighted by Crippen LogP contribution is -2.19. The third-order valence-electron chi connectivity index (χ3n) is 5.68. The molecule has 0 radical (unpaired) electrons. The highest BCUT2D eigenvalue weighted by atomic mass is 35.5. The Morgan fingerprint density at radius 2 is 1.92 bits per heavy atom. The van der Waals surface area contributed by atoms with E-state index >= 15 is 0 Å². The molecule has 1 fully saturated rings. The number of anilines is 3. The highest BCUT2D eigenvalue weighted by Crippen LogP contribution is 2.36. The molecule has 1 atom stereocenters. The van der Waals surface area contributed by atoms with E-state index in [1.807, 2.05) is 6.92 Å². The number of aryl methyl sites for hydroxylation is 1. The molecule has 11 heteroatoms. The zero-order valence-electron chi connectivity index (χ0n) is 19.2. The van der Waals surface area contributed by atoms with Crippen LogP contribution in [0.1, 0.15) is 12.0 Å². The van der Waals surface area contributed by atoms with Gasteiger partial charge in [0, 0.05) is 23.6 Å². The van der Waals surface area contributed by atoms with Crippen molar-refractivity contribution in [3.05, 3.63) is 77.3 Å². The SMILES string of the molecule is Cc1ccc(S(=O)(=O)Nc2cc3c(Nc4ccc(F)c(Cl)c4)ncnc3cc2OC2CCOC2)cc1. The number of ether oxygens (including phenoxy) is 2. The van der Waals surface area contributed by atoms with Crippen molar-refractivity contribution in [2.45, 2.75) is 24.3 Å². The smallest absolute Gasteiger partial charge is 0.262 e. The summed E-state index contributed by atoms with van der Waals surface area (Å²) in [5, 5.41) is 3.58. The summed E-state index contributed by atoms with van der Waals surface area (Å²) in [6.07, 6.45) is 1.84. The highest BCUT2D eigenvalue weighted by Gasteiger charge is 2.23. The molecule has 2 N–H and O–H groups in total. The van der Waals surface area contributed by atoms with E-state index in [0.29, 0.717) is 47.8 Å². The van der Waals surface area contributed by atoms with Crippen molar-refractivity contribution in [1.29, 1.82) is 0 Å². The molecule has 0 spiro atoms. The van der Waals surface area contributed by atoms with Crippen LogP contribution >= 0.6 is 11.6 Å². The van der Waals surface area contributed by atoms with Crippen LogP contribution in [0.3, 0.4) is 0 Å². The molecule has 0 saturated carbocycles. The van der Waals surface area contributed by atoms with Gasteiger partial charge in [0.15, 0.2) is 0 Å². The van der Waals surface area contributed by atoms with Gasteiger partial charge in [-0.25, -0.2) is 22.8 Å². The Kier molecular flexibility index (Phi) is 6.65. The van der Waals surface area contributed by atoms with Crippen LogP contribution in [-0.2, 0) is 14.8 Å². The summed E-state index contributed by atoms with van der Waals surface area (Å²) in [4.78, 5) is 8.74. The van der Waals surface area contributed by atoms with E-state index in [1.54, 1.807) is 36.4 Å². The maximum atomic E-state index is 13.6. The summed E-state index contributed by atoms with van der Waals surface area (Å²) >= 11 is 5.91. The van der Waals surface area contributed by atoms with Crippen LogP contribution in [0.25, 0.3) is 10.9 Å². The molecule has 0 amide bonds. The van der Waals surface area contributed by atoms with E-state index in [1.165, 1.54) is 24.5 Å². The monoisotopic (exact) mass is 528 g/mol. The third-order valence-corrected chi connectivity index (χ3v) is 7.35. The van der Waals surface area contributed by atoms with Crippen LogP contribution in [0.5, 0.6) is 5.75 Å². The Balaban J connectivity index is 1.57. The zero-order chi connectivity index (χ0) is 25.3. The molecule has 1 saturated heterocycles. The topological polar surface area (TPSA) is 102 Å². The molecular weight excluding hydrogens is 507 g/mol. The maximum absolute atomic E-state index is 13.6. The number of hydrogen-bond acceptors (Lipinski definition) is 7. The van der Waals surface area contributed by atoms with Crippen LogP contribution in [0.4, 0.5) is 21.6 Å². The second-order valence-electron chi connectivity index (χ2n) is 8.36. The normalized spacial score (nSPS) is 15.7. The first-order chi connectivity index (χ1) is 17.3. The van der Waals surface area contributed by atoms with Gasteiger partial charge < -0.3 is 14.8 Å². The van der Waals surface area contributed by atoms with Gasteiger partial charge in [-0.15, -0.1) is 0 Å². The average Bonchev–Trinajstić information content (AvgIpc) is 3.35. The predicted octanol–water partition coefficient (Wildman–Crippen LogP) is 5.44. The summed E-state index contributed by atoms with van der Waals surface area (Å²) in [7, 11) is -3.92. The molecule has 1 unspecified atom stereocenters. The quantitative estimate of drug-likeness (QED) is 0.329. The van der Waals surface area contributed by atoms with Crippen molar-refractivity contribution >= 4 is 49.7 Å². The van der Waals surface area contributed by atoms with Crippen LogP contribution in [0, 0.1) is 12.7 Å². The molecule has 36 heavy (non-hydrogen) atoms. The lowest BCUT2D eigenvalue weighted by atomic mass is 10.2.